The lowest BCUT2D eigenvalue weighted by Crippen LogP contribution is -2.37. The van der Waals surface area contributed by atoms with E-state index in [0.717, 1.165) is 76.0 Å². The van der Waals surface area contributed by atoms with Crippen LogP contribution >= 0.6 is 23.1 Å². The van der Waals surface area contributed by atoms with E-state index in [1.54, 1.807) is 11.3 Å². The Morgan fingerprint density at radius 1 is 1.17 bits per heavy atom. The first-order valence-electron chi connectivity index (χ1n) is 12.3. The minimum atomic E-state index is 0.157. The zero-order valence-electron chi connectivity index (χ0n) is 20.4. The predicted octanol–water partition coefficient (Wildman–Crippen LogP) is 5.62. The number of fused-ring (bicyclic) bond motifs is 1. The maximum Gasteiger partial charge on any atom is 0.264 e. The van der Waals surface area contributed by atoms with Gasteiger partial charge in [-0.2, -0.15) is 17.0 Å². The summed E-state index contributed by atoms with van der Waals surface area (Å²) in [7, 11) is 0. The van der Waals surface area contributed by atoms with Gasteiger partial charge in [0.1, 0.15) is 0 Å². The molecule has 1 saturated heterocycles. The normalized spacial score (nSPS) is 13.6. The van der Waals surface area contributed by atoms with Gasteiger partial charge in [0.15, 0.2) is 0 Å². The van der Waals surface area contributed by atoms with E-state index in [9.17, 15) is 4.79 Å². The fourth-order valence-electron chi connectivity index (χ4n) is 4.60. The van der Waals surface area contributed by atoms with Gasteiger partial charge >= 0.3 is 0 Å². The van der Waals surface area contributed by atoms with Gasteiger partial charge < -0.3 is 14.4 Å². The molecule has 0 unspecified atom stereocenters. The fourth-order valence-corrected chi connectivity index (χ4v) is 6.56. The summed E-state index contributed by atoms with van der Waals surface area (Å²) in [6, 6.07) is 18.3. The Bertz CT molecular complexity index is 1380. The summed E-state index contributed by atoms with van der Waals surface area (Å²) in [5.41, 5.74) is 4.08. The summed E-state index contributed by atoms with van der Waals surface area (Å²) in [5.74, 6) is 2.19. The second kappa shape index (κ2) is 11.2. The van der Waals surface area contributed by atoms with Crippen LogP contribution in [0.5, 0.6) is 0 Å². The molecule has 0 aliphatic carbocycles. The smallest absolute Gasteiger partial charge is 0.264 e. The van der Waals surface area contributed by atoms with E-state index in [2.05, 4.69) is 51.7 Å². The van der Waals surface area contributed by atoms with Crippen LogP contribution in [0.4, 0.5) is 5.69 Å². The van der Waals surface area contributed by atoms with Crippen LogP contribution in [-0.2, 0) is 13.1 Å². The molecule has 0 radical (unpaired) electrons. The molecule has 36 heavy (non-hydrogen) atoms. The average molecular weight is 516 g/mol. The number of carbonyl (C=O) groups is 1. The molecule has 5 rings (SSSR count). The summed E-state index contributed by atoms with van der Waals surface area (Å²) >= 11 is 3.52. The molecule has 0 N–H and O–H groups in total. The molecule has 1 aliphatic heterocycles. The van der Waals surface area contributed by atoms with E-state index in [-0.39, 0.29) is 5.91 Å². The molecule has 4 aromatic rings. The molecule has 3 heterocycles. The van der Waals surface area contributed by atoms with Gasteiger partial charge in [0.2, 0.25) is 0 Å². The Hall–Kier alpha value is -3.28. The van der Waals surface area contributed by atoms with Gasteiger partial charge in [0.05, 0.1) is 35.1 Å². The van der Waals surface area contributed by atoms with Crippen molar-refractivity contribution < 1.29 is 4.79 Å². The molecular formula is C28H29N5OS2. The Balaban J connectivity index is 1.40. The summed E-state index contributed by atoms with van der Waals surface area (Å²) in [6.07, 6.45) is 4.82. The maximum atomic E-state index is 13.2. The highest BCUT2D eigenvalue weighted by molar-refractivity contribution is 7.99. The van der Waals surface area contributed by atoms with Crippen LogP contribution < -0.4 is 4.90 Å². The Kier molecular flexibility index (Phi) is 7.59. The van der Waals surface area contributed by atoms with Gasteiger partial charge in [-0.05, 0) is 42.3 Å². The number of hydrogen-bond acceptors (Lipinski definition) is 6. The van der Waals surface area contributed by atoms with Gasteiger partial charge in [-0.25, -0.2) is 4.98 Å². The third-order valence-corrected chi connectivity index (χ3v) is 8.50. The second-order valence-electron chi connectivity index (χ2n) is 8.95. The SMILES string of the molecule is CCCN(Cc1cncn1Cc1ccc(C#N)cc1)c1cccc2sc(C(=O)N3CCSCC3)cc12. The Morgan fingerprint density at radius 2 is 1.97 bits per heavy atom. The molecule has 0 bridgehead atoms. The quantitative estimate of drug-likeness (QED) is 0.305. The standard InChI is InChI=1S/C28H29N5OS2/c1-2-10-32(19-23-17-30-20-33(23)18-22-8-6-21(16-29)7-9-22)25-4-3-5-26-24(25)15-27(36-26)28(34)31-11-13-35-14-12-31/h3-9,15,17,20H,2,10-14,18-19H2,1H3. The van der Waals surface area contributed by atoms with Gasteiger partial charge in [-0.3, -0.25) is 4.79 Å². The van der Waals surface area contributed by atoms with E-state index in [1.165, 1.54) is 0 Å². The molecule has 1 aliphatic rings. The molecule has 0 spiro atoms. The number of thioether (sulfide) groups is 1. The molecule has 184 valence electrons. The first-order valence-corrected chi connectivity index (χ1v) is 14.3. The Labute approximate surface area is 220 Å². The highest BCUT2D eigenvalue weighted by atomic mass is 32.2. The third-order valence-electron chi connectivity index (χ3n) is 6.47. The van der Waals surface area contributed by atoms with Crippen LogP contribution in [0.25, 0.3) is 10.1 Å². The monoisotopic (exact) mass is 515 g/mol. The van der Waals surface area contributed by atoms with Gasteiger partial charge in [0.25, 0.3) is 5.91 Å². The molecule has 2 aromatic carbocycles. The maximum absolute atomic E-state index is 13.2. The molecular weight excluding hydrogens is 486 g/mol. The van der Waals surface area contributed by atoms with Crippen LogP contribution in [0.1, 0.15) is 39.8 Å². The van der Waals surface area contributed by atoms with Crippen LogP contribution in [0, 0.1) is 11.3 Å². The van der Waals surface area contributed by atoms with Crippen molar-refractivity contribution >= 4 is 44.8 Å². The molecule has 2 aromatic heterocycles. The van der Waals surface area contributed by atoms with Crippen molar-refractivity contribution in [2.45, 2.75) is 26.4 Å². The van der Waals surface area contributed by atoms with E-state index in [4.69, 9.17) is 5.26 Å². The number of nitriles is 1. The molecule has 8 heteroatoms. The topological polar surface area (TPSA) is 65.2 Å². The second-order valence-corrected chi connectivity index (χ2v) is 11.3. The van der Waals surface area contributed by atoms with Crippen LogP contribution in [0.2, 0.25) is 0 Å². The highest BCUT2D eigenvalue weighted by Gasteiger charge is 2.22. The molecule has 1 fully saturated rings. The lowest BCUT2D eigenvalue weighted by Gasteiger charge is -2.26. The number of imidazole rings is 1. The summed E-state index contributed by atoms with van der Waals surface area (Å²) in [5, 5.41) is 10.2. The number of nitrogens with zero attached hydrogens (tertiary/aromatic N) is 5. The number of aromatic nitrogens is 2. The minimum Gasteiger partial charge on any atom is -0.365 e. The minimum absolute atomic E-state index is 0.157. The molecule has 1 amide bonds. The van der Waals surface area contributed by atoms with Crippen LogP contribution in [0.15, 0.2) is 61.1 Å². The van der Waals surface area contributed by atoms with Crippen molar-refractivity contribution in [3.8, 4) is 6.07 Å². The Morgan fingerprint density at radius 3 is 2.72 bits per heavy atom. The zero-order valence-corrected chi connectivity index (χ0v) is 22.0. The van der Waals surface area contributed by atoms with E-state index in [0.29, 0.717) is 12.1 Å². The third kappa shape index (κ3) is 5.28. The number of benzene rings is 2. The molecule has 6 nitrogen and oxygen atoms in total. The highest BCUT2D eigenvalue weighted by Crippen LogP contribution is 2.35. The van der Waals surface area contributed by atoms with E-state index in [1.807, 2.05) is 53.5 Å². The van der Waals surface area contributed by atoms with Crippen molar-refractivity contribution in [2.24, 2.45) is 0 Å². The van der Waals surface area contributed by atoms with Gasteiger partial charge in [0, 0.05) is 59.7 Å². The summed E-state index contributed by atoms with van der Waals surface area (Å²) in [6.45, 7) is 6.19. The number of anilines is 1. The lowest BCUT2D eigenvalue weighted by atomic mass is 10.1. The van der Waals surface area contributed by atoms with Crippen molar-refractivity contribution in [2.75, 3.05) is 36.0 Å². The predicted molar refractivity (Wildman–Crippen MR) is 149 cm³/mol. The average Bonchev–Trinajstić information content (AvgIpc) is 3.55. The molecule has 0 saturated carbocycles. The van der Waals surface area contributed by atoms with Crippen molar-refractivity contribution in [3.63, 3.8) is 0 Å². The van der Waals surface area contributed by atoms with Crippen molar-refractivity contribution in [1.82, 2.24) is 14.5 Å². The fraction of sp³-hybridized carbons (Fsp3) is 0.321. The number of hydrogen-bond donors (Lipinski definition) is 0. The summed E-state index contributed by atoms with van der Waals surface area (Å²) in [4.78, 5) is 22.8. The van der Waals surface area contributed by atoms with E-state index >= 15 is 0 Å². The number of amides is 1. The number of thiophene rings is 1. The van der Waals surface area contributed by atoms with E-state index < -0.39 is 0 Å². The first kappa shape index (κ1) is 24.4. The van der Waals surface area contributed by atoms with Gasteiger partial charge in [-0.1, -0.05) is 25.1 Å². The lowest BCUT2D eigenvalue weighted by molar-refractivity contribution is 0.0777. The van der Waals surface area contributed by atoms with Crippen molar-refractivity contribution in [1.29, 1.82) is 5.26 Å². The van der Waals surface area contributed by atoms with Crippen molar-refractivity contribution in [3.05, 3.63) is 82.8 Å². The molecule has 0 atom stereocenters. The first-order chi connectivity index (χ1) is 17.7. The van der Waals surface area contributed by atoms with Crippen LogP contribution in [-0.4, -0.2) is 51.5 Å². The van der Waals surface area contributed by atoms with Crippen LogP contribution in [0.3, 0.4) is 0 Å². The number of carbonyl (C=O) groups excluding carboxylic acids is 1. The largest absolute Gasteiger partial charge is 0.365 e. The zero-order chi connectivity index (χ0) is 24.9. The summed E-state index contributed by atoms with van der Waals surface area (Å²) < 4.78 is 3.32. The van der Waals surface area contributed by atoms with Gasteiger partial charge in [-0.15, -0.1) is 11.3 Å². The number of rotatable bonds is 8.